The van der Waals surface area contributed by atoms with Gasteiger partial charge in [0, 0.05) is 45.3 Å². The fraction of sp³-hybridized carbons (Fsp3) is 0.500. The molecule has 8 nitrogen and oxygen atoms in total. The standard InChI is InChI=1S/C20H26BIN4O4/c1-23-7-5-15-10-26(13-24-15)9-8-25-11-16(12-25)29-17-3-2-14-4-6-21(22)30-19(14)18(17)20(27)28/h2-3,10,13,16,23H,4-9,11-12H2,1H3,(H,27,28). The van der Waals surface area contributed by atoms with E-state index in [4.69, 9.17) is 9.39 Å². The second-order valence-electron chi connectivity index (χ2n) is 7.75. The van der Waals surface area contributed by atoms with Crippen molar-refractivity contribution >= 4 is 33.1 Å². The summed E-state index contributed by atoms with van der Waals surface area (Å²) in [4.78, 5) is 18.6. The smallest absolute Gasteiger partial charge is 0.429 e. The van der Waals surface area contributed by atoms with Crippen LogP contribution in [0.3, 0.4) is 0 Å². The van der Waals surface area contributed by atoms with Gasteiger partial charge in [0.05, 0.1) is 12.0 Å². The number of likely N-dealkylation sites (tertiary alicyclic amines) is 1. The van der Waals surface area contributed by atoms with Crippen molar-refractivity contribution in [1.82, 2.24) is 19.8 Å². The van der Waals surface area contributed by atoms with Gasteiger partial charge in [-0.1, -0.05) is 28.4 Å². The quantitative estimate of drug-likeness (QED) is 0.383. The number of likely N-dealkylation sites (N-methyl/N-ethyl adjacent to an activating group) is 1. The Morgan fingerprint density at radius 1 is 1.43 bits per heavy atom. The summed E-state index contributed by atoms with van der Waals surface area (Å²) in [5.41, 5.74) is 2.19. The van der Waals surface area contributed by atoms with Crippen LogP contribution in [0, 0.1) is 0 Å². The minimum Gasteiger partial charge on any atom is -0.550 e. The van der Waals surface area contributed by atoms with Crippen molar-refractivity contribution in [3.63, 3.8) is 0 Å². The van der Waals surface area contributed by atoms with E-state index in [9.17, 15) is 9.90 Å². The molecule has 0 bridgehead atoms. The van der Waals surface area contributed by atoms with Gasteiger partial charge in [-0.15, -0.1) is 0 Å². The first-order valence-corrected chi connectivity index (χ1v) is 11.5. The zero-order chi connectivity index (χ0) is 21.1. The highest BCUT2D eigenvalue weighted by Crippen LogP contribution is 2.38. The van der Waals surface area contributed by atoms with Gasteiger partial charge >= 0.3 is 10.7 Å². The molecular formula is C20H26BIN4O4. The number of rotatable bonds is 9. The summed E-state index contributed by atoms with van der Waals surface area (Å²) >= 11 is 2.20. The van der Waals surface area contributed by atoms with E-state index in [0.717, 1.165) is 63.1 Å². The number of halogens is 1. The van der Waals surface area contributed by atoms with E-state index >= 15 is 0 Å². The largest absolute Gasteiger partial charge is 0.550 e. The highest BCUT2D eigenvalue weighted by Gasteiger charge is 2.33. The number of carboxylic acids is 1. The van der Waals surface area contributed by atoms with Crippen molar-refractivity contribution in [2.24, 2.45) is 0 Å². The summed E-state index contributed by atoms with van der Waals surface area (Å²) in [5, 5.41) is 12.9. The van der Waals surface area contributed by atoms with E-state index in [0.29, 0.717) is 11.5 Å². The van der Waals surface area contributed by atoms with Gasteiger partial charge in [0.1, 0.15) is 23.2 Å². The maximum absolute atomic E-state index is 11.9. The van der Waals surface area contributed by atoms with Crippen LogP contribution < -0.4 is 14.7 Å². The van der Waals surface area contributed by atoms with Gasteiger partial charge in [-0.05, 0) is 31.4 Å². The Labute approximate surface area is 189 Å². The number of carboxylic acid groups (broad SMARTS) is 1. The number of aryl methyl sites for hydroxylation is 1. The monoisotopic (exact) mass is 524 g/mol. The lowest BCUT2D eigenvalue weighted by Gasteiger charge is -2.39. The van der Waals surface area contributed by atoms with Crippen molar-refractivity contribution in [3.8, 4) is 11.5 Å². The highest BCUT2D eigenvalue weighted by molar-refractivity contribution is 14.1. The van der Waals surface area contributed by atoms with Crippen LogP contribution >= 0.6 is 22.4 Å². The first kappa shape index (κ1) is 21.4. The van der Waals surface area contributed by atoms with Crippen molar-refractivity contribution in [2.75, 3.05) is 33.2 Å². The molecule has 2 aliphatic heterocycles. The van der Waals surface area contributed by atoms with Gasteiger partial charge in [-0.2, -0.15) is 0 Å². The number of hydrogen-bond acceptors (Lipinski definition) is 6. The molecule has 1 aromatic heterocycles. The highest BCUT2D eigenvalue weighted by atomic mass is 127. The number of aromatic carboxylic acids is 1. The molecule has 0 amide bonds. The van der Waals surface area contributed by atoms with Gasteiger partial charge in [0.2, 0.25) is 0 Å². The normalized spacial score (nSPS) is 16.7. The Morgan fingerprint density at radius 2 is 2.27 bits per heavy atom. The molecule has 0 spiro atoms. The van der Waals surface area contributed by atoms with Crippen molar-refractivity contribution in [2.45, 2.75) is 31.8 Å². The SMILES string of the molecule is CNCCc1cn(CCN2CC(Oc3ccc4c(c3C(=O)O)OB(I)CC4)C2)cn1. The van der Waals surface area contributed by atoms with Crippen LogP contribution in [0.15, 0.2) is 24.7 Å². The van der Waals surface area contributed by atoms with Crippen LogP contribution in [0.1, 0.15) is 21.6 Å². The molecular weight excluding hydrogens is 498 g/mol. The topological polar surface area (TPSA) is 88.9 Å². The predicted molar refractivity (Wildman–Crippen MR) is 123 cm³/mol. The number of nitrogens with zero attached hydrogens (tertiary/aromatic N) is 3. The number of ether oxygens (including phenoxy) is 1. The molecule has 0 atom stereocenters. The molecule has 0 unspecified atom stereocenters. The molecule has 2 N–H and O–H groups in total. The molecule has 4 rings (SSSR count). The second-order valence-corrected chi connectivity index (χ2v) is 9.14. The summed E-state index contributed by atoms with van der Waals surface area (Å²) in [6.45, 7) is 4.29. The summed E-state index contributed by atoms with van der Waals surface area (Å²) in [6.07, 6.45) is 6.61. The number of nitrogens with one attached hydrogen (secondary N) is 1. The molecule has 2 aromatic rings. The third-order valence-electron chi connectivity index (χ3n) is 5.51. The van der Waals surface area contributed by atoms with Crippen LogP contribution in [0.4, 0.5) is 0 Å². The Kier molecular flexibility index (Phi) is 6.84. The van der Waals surface area contributed by atoms with Crippen LogP contribution in [-0.4, -0.2) is 69.6 Å². The van der Waals surface area contributed by atoms with Crippen LogP contribution in [0.5, 0.6) is 11.5 Å². The summed E-state index contributed by atoms with van der Waals surface area (Å²) in [6, 6.07) is 3.71. The maximum atomic E-state index is 11.9. The first-order chi connectivity index (χ1) is 14.5. The Morgan fingerprint density at radius 3 is 3.03 bits per heavy atom. The lowest BCUT2D eigenvalue weighted by Crippen LogP contribution is -2.54. The van der Waals surface area contributed by atoms with Gasteiger partial charge < -0.3 is 24.4 Å². The fourth-order valence-electron chi connectivity index (χ4n) is 3.82. The summed E-state index contributed by atoms with van der Waals surface area (Å²) < 4.78 is 14.0. The third kappa shape index (κ3) is 4.92. The van der Waals surface area contributed by atoms with Crippen LogP contribution in [0.2, 0.25) is 6.32 Å². The zero-order valence-corrected chi connectivity index (χ0v) is 19.2. The van der Waals surface area contributed by atoms with Gasteiger partial charge in [0.15, 0.2) is 0 Å². The van der Waals surface area contributed by atoms with Crippen LogP contribution in [-0.2, 0) is 19.4 Å². The third-order valence-corrected chi connectivity index (χ3v) is 6.39. The number of fused-ring (bicyclic) bond motifs is 1. The van der Waals surface area contributed by atoms with Gasteiger partial charge in [0.25, 0.3) is 0 Å². The molecule has 10 heteroatoms. The molecule has 160 valence electrons. The lowest BCUT2D eigenvalue weighted by atomic mass is 9.85. The van der Waals surface area contributed by atoms with Crippen LogP contribution in [0.25, 0.3) is 0 Å². The van der Waals surface area contributed by atoms with Gasteiger partial charge in [-0.25, -0.2) is 9.78 Å². The fourth-order valence-corrected chi connectivity index (χ4v) is 4.39. The molecule has 0 radical (unpaired) electrons. The average molecular weight is 524 g/mol. The minimum absolute atomic E-state index is 0.00545. The van der Waals surface area contributed by atoms with Crippen molar-refractivity contribution in [3.05, 3.63) is 41.5 Å². The lowest BCUT2D eigenvalue weighted by molar-refractivity contribution is 0.0169. The molecule has 2 aliphatic rings. The number of benzene rings is 1. The second kappa shape index (κ2) is 9.57. The van der Waals surface area contributed by atoms with E-state index in [2.05, 4.69) is 48.3 Å². The number of carbonyl (C=O) groups is 1. The van der Waals surface area contributed by atoms with E-state index in [1.165, 1.54) is 0 Å². The van der Waals surface area contributed by atoms with Crippen molar-refractivity contribution < 1.29 is 19.3 Å². The predicted octanol–water partition coefficient (Wildman–Crippen LogP) is 1.96. The van der Waals surface area contributed by atoms with E-state index in [1.54, 1.807) is 6.07 Å². The molecule has 1 aromatic carbocycles. The first-order valence-electron chi connectivity index (χ1n) is 10.3. The number of imidazole rings is 1. The molecule has 1 fully saturated rings. The molecule has 0 saturated carbocycles. The number of aromatic nitrogens is 2. The Balaban J connectivity index is 1.30. The van der Waals surface area contributed by atoms with E-state index in [-0.39, 0.29) is 16.4 Å². The summed E-state index contributed by atoms with van der Waals surface area (Å²) in [7, 11) is 1.94. The maximum Gasteiger partial charge on any atom is 0.429 e. The van der Waals surface area contributed by atoms with E-state index < -0.39 is 5.97 Å². The summed E-state index contributed by atoms with van der Waals surface area (Å²) in [5.74, 6) is -0.131. The van der Waals surface area contributed by atoms with Gasteiger partial charge in [-0.3, -0.25) is 4.90 Å². The Hall–Kier alpha value is -1.79. The molecule has 1 saturated heterocycles. The number of hydrogen-bond donors (Lipinski definition) is 2. The molecule has 30 heavy (non-hydrogen) atoms. The zero-order valence-electron chi connectivity index (χ0n) is 17.0. The average Bonchev–Trinajstić information content (AvgIpc) is 3.14. The van der Waals surface area contributed by atoms with Crippen molar-refractivity contribution in [1.29, 1.82) is 0 Å². The molecule has 3 heterocycles. The minimum atomic E-state index is -1.00. The molecule has 0 aliphatic carbocycles. The van der Waals surface area contributed by atoms with E-state index in [1.807, 2.05) is 19.4 Å². The Bertz CT molecular complexity index is 903.